The van der Waals surface area contributed by atoms with E-state index in [0.29, 0.717) is 0 Å². The van der Waals surface area contributed by atoms with Crippen LogP contribution in [0.25, 0.3) is 0 Å². The van der Waals surface area contributed by atoms with Crippen molar-refractivity contribution < 1.29 is 13.6 Å². The summed E-state index contributed by atoms with van der Waals surface area (Å²) in [6.07, 6.45) is 10.8. The lowest BCUT2D eigenvalue weighted by atomic mass is 10.0. The zero-order chi connectivity index (χ0) is 20.1. The summed E-state index contributed by atoms with van der Waals surface area (Å²) >= 11 is 0. The minimum atomic E-state index is -2.83. The molecule has 0 saturated carbocycles. The van der Waals surface area contributed by atoms with Gasteiger partial charge in [0.25, 0.3) is 0 Å². The van der Waals surface area contributed by atoms with Crippen LogP contribution < -0.4 is 0 Å². The zero-order valence-corrected chi connectivity index (χ0v) is 16.2. The monoisotopic (exact) mass is 390 g/mol. The minimum absolute atomic E-state index is 0.247. The zero-order valence-electron chi connectivity index (χ0n) is 16.2. The van der Waals surface area contributed by atoms with Gasteiger partial charge in [-0.15, -0.1) is 0 Å². The van der Waals surface area contributed by atoms with E-state index < -0.39 is 6.61 Å². The smallest absolute Gasteiger partial charge is 0.352 e. The first-order valence-electron chi connectivity index (χ1n) is 9.12. The molecule has 28 heavy (non-hydrogen) atoms. The van der Waals surface area contributed by atoms with Gasteiger partial charge in [-0.1, -0.05) is 6.92 Å². The van der Waals surface area contributed by atoms with Crippen LogP contribution in [0.5, 0.6) is 0 Å². The molecule has 7 nitrogen and oxygen atoms in total. The number of aromatic nitrogens is 2. The molecule has 0 N–H and O–H groups in total. The van der Waals surface area contributed by atoms with Gasteiger partial charge >= 0.3 is 6.61 Å². The Morgan fingerprint density at radius 1 is 1.14 bits per heavy atom. The highest BCUT2D eigenvalue weighted by Gasteiger charge is 2.35. The highest BCUT2D eigenvalue weighted by molar-refractivity contribution is 5.82. The van der Waals surface area contributed by atoms with Crippen molar-refractivity contribution in [3.8, 4) is 0 Å². The Kier molecular flexibility index (Phi) is 6.35. The molecule has 150 valence electrons. The molecule has 0 aromatic carbocycles. The first-order chi connectivity index (χ1) is 13.5. The number of allylic oxidation sites excluding steroid dienone is 2. The molecule has 9 heteroatoms. The molecular formula is C19H24F2N6O. The van der Waals surface area contributed by atoms with Crippen LogP contribution >= 0.6 is 0 Å². The van der Waals surface area contributed by atoms with E-state index in [-0.39, 0.29) is 6.67 Å². The molecule has 1 aromatic rings. The van der Waals surface area contributed by atoms with Crippen molar-refractivity contribution in [1.29, 1.82) is 0 Å². The molecule has 3 aliphatic rings. The summed E-state index contributed by atoms with van der Waals surface area (Å²) in [7, 11) is 0. The first kappa shape index (κ1) is 19.9. The van der Waals surface area contributed by atoms with E-state index in [9.17, 15) is 8.78 Å². The van der Waals surface area contributed by atoms with Crippen LogP contribution in [-0.2, 0) is 4.84 Å². The van der Waals surface area contributed by atoms with Gasteiger partial charge in [0, 0.05) is 37.9 Å². The maximum Gasteiger partial charge on any atom is 0.365 e. The van der Waals surface area contributed by atoms with Crippen molar-refractivity contribution in [1.82, 2.24) is 24.8 Å². The van der Waals surface area contributed by atoms with Crippen LogP contribution in [0.3, 0.4) is 0 Å². The van der Waals surface area contributed by atoms with Crippen LogP contribution in [-0.4, -0.2) is 57.4 Å². The van der Waals surface area contributed by atoms with Gasteiger partial charge in [0.1, 0.15) is 18.2 Å². The molecule has 0 atom stereocenters. The molecule has 0 saturated heterocycles. The number of nitrogens with zero attached hydrogens (tertiary/aromatic N) is 6. The lowest BCUT2D eigenvalue weighted by molar-refractivity contribution is -0.263. The van der Waals surface area contributed by atoms with Gasteiger partial charge in [-0.3, -0.25) is 15.0 Å². The number of hydroxylamine groups is 2. The molecule has 0 fully saturated rings. The van der Waals surface area contributed by atoms with E-state index in [1.54, 1.807) is 37.2 Å². The Hall–Kier alpha value is -2.81. The highest BCUT2D eigenvalue weighted by atomic mass is 19.3. The number of hydrogen-bond acceptors (Lipinski definition) is 7. The molecule has 3 aliphatic heterocycles. The summed E-state index contributed by atoms with van der Waals surface area (Å²) in [5.74, 6) is 0.985. The summed E-state index contributed by atoms with van der Waals surface area (Å²) in [6, 6.07) is 0. The second-order valence-corrected chi connectivity index (χ2v) is 6.56. The van der Waals surface area contributed by atoms with Crippen LogP contribution in [0.4, 0.5) is 8.78 Å². The summed E-state index contributed by atoms with van der Waals surface area (Å²) in [4.78, 5) is 20.7. The van der Waals surface area contributed by atoms with Crippen LogP contribution in [0.15, 0.2) is 64.3 Å². The third-order valence-corrected chi connectivity index (χ3v) is 4.57. The second kappa shape index (κ2) is 8.92. The molecule has 4 rings (SSSR count). The summed E-state index contributed by atoms with van der Waals surface area (Å²) < 4.78 is 24.9. The average molecular weight is 390 g/mol. The predicted molar refractivity (Wildman–Crippen MR) is 102 cm³/mol. The lowest BCUT2D eigenvalue weighted by Gasteiger charge is -2.40. The molecule has 0 bridgehead atoms. The van der Waals surface area contributed by atoms with Crippen molar-refractivity contribution in [3.05, 3.63) is 59.3 Å². The Labute approximate surface area is 163 Å². The standard InChI is InChI=1S/C15H20F2N4O.C4H4N2/c1-4-5-19-7-10(2)11(3)13-14(19)21-9-20(22-15(16)17)8-12(21)6-18-13;1-2-6-4-3-5-1/h6,8,15H,4-5,7,9H2,1-3H3;1-4H. The number of aliphatic imine (C=N–C) groups is 1. The minimum Gasteiger partial charge on any atom is -0.352 e. The fourth-order valence-corrected chi connectivity index (χ4v) is 3.23. The van der Waals surface area contributed by atoms with E-state index in [0.717, 1.165) is 47.4 Å². The van der Waals surface area contributed by atoms with E-state index in [4.69, 9.17) is 0 Å². The van der Waals surface area contributed by atoms with Crippen molar-refractivity contribution in [2.45, 2.75) is 33.8 Å². The van der Waals surface area contributed by atoms with E-state index >= 15 is 0 Å². The van der Waals surface area contributed by atoms with Gasteiger partial charge in [0.05, 0.1) is 18.1 Å². The van der Waals surface area contributed by atoms with Crippen molar-refractivity contribution in [3.63, 3.8) is 0 Å². The number of alkyl halides is 2. The second-order valence-electron chi connectivity index (χ2n) is 6.56. The topological polar surface area (TPSA) is 57.1 Å². The van der Waals surface area contributed by atoms with E-state index in [1.165, 1.54) is 5.57 Å². The van der Waals surface area contributed by atoms with Crippen molar-refractivity contribution in [2.75, 3.05) is 19.8 Å². The molecular weight excluding hydrogens is 366 g/mol. The Bertz CT molecular complexity index is 779. The summed E-state index contributed by atoms with van der Waals surface area (Å²) in [6.45, 7) is 5.45. The third kappa shape index (κ3) is 4.36. The summed E-state index contributed by atoms with van der Waals surface area (Å²) in [5, 5.41) is 1.16. The Morgan fingerprint density at radius 2 is 1.82 bits per heavy atom. The largest absolute Gasteiger partial charge is 0.365 e. The molecule has 0 unspecified atom stereocenters. The van der Waals surface area contributed by atoms with Gasteiger partial charge in [-0.2, -0.15) is 8.78 Å². The number of halogens is 2. The quantitative estimate of drug-likeness (QED) is 0.786. The van der Waals surface area contributed by atoms with Gasteiger partial charge in [0.15, 0.2) is 0 Å². The SMILES string of the molecule is CCCN1CC(C)=C(C)C2=C1N1CN(OC(F)F)C=C1C=N2.c1cnccn1. The molecule has 1 aromatic heterocycles. The van der Waals surface area contributed by atoms with E-state index in [2.05, 4.69) is 45.5 Å². The Morgan fingerprint density at radius 3 is 2.39 bits per heavy atom. The summed E-state index contributed by atoms with van der Waals surface area (Å²) in [5.41, 5.74) is 4.14. The highest BCUT2D eigenvalue weighted by Crippen LogP contribution is 2.36. The molecule has 0 spiro atoms. The molecule has 0 radical (unpaired) electrons. The van der Waals surface area contributed by atoms with Crippen LogP contribution in [0.1, 0.15) is 27.2 Å². The van der Waals surface area contributed by atoms with Crippen LogP contribution in [0, 0.1) is 0 Å². The molecule has 0 aliphatic carbocycles. The molecule has 4 heterocycles. The lowest BCUT2D eigenvalue weighted by Crippen LogP contribution is -2.42. The van der Waals surface area contributed by atoms with Gasteiger partial charge in [-0.05, 0) is 31.4 Å². The number of fused-ring (bicyclic) bond motifs is 2. The fraction of sp³-hybridized carbons (Fsp3) is 0.421. The van der Waals surface area contributed by atoms with E-state index in [1.807, 2.05) is 4.90 Å². The normalized spacial score (nSPS) is 18.2. The third-order valence-electron chi connectivity index (χ3n) is 4.57. The molecule has 0 amide bonds. The maximum absolute atomic E-state index is 12.4. The number of rotatable bonds is 4. The number of hydrogen-bond donors (Lipinski definition) is 0. The van der Waals surface area contributed by atoms with Gasteiger partial charge < -0.3 is 9.80 Å². The van der Waals surface area contributed by atoms with Crippen molar-refractivity contribution >= 4 is 6.21 Å². The maximum atomic E-state index is 12.4. The van der Waals surface area contributed by atoms with Crippen LogP contribution in [0.2, 0.25) is 0 Å². The average Bonchev–Trinajstić information content (AvgIpc) is 3.09. The Balaban J connectivity index is 0.000000320. The fourth-order valence-electron chi connectivity index (χ4n) is 3.23. The first-order valence-corrected chi connectivity index (χ1v) is 9.12. The van der Waals surface area contributed by atoms with Gasteiger partial charge in [-0.25, -0.2) is 9.90 Å². The van der Waals surface area contributed by atoms with Gasteiger partial charge in [0.2, 0.25) is 0 Å². The van der Waals surface area contributed by atoms with Crippen molar-refractivity contribution in [2.24, 2.45) is 4.99 Å². The predicted octanol–water partition coefficient (Wildman–Crippen LogP) is 3.35.